The maximum Gasteiger partial charge on any atom is 0.401 e. The third kappa shape index (κ3) is 7.82. The first-order valence-electron chi connectivity index (χ1n) is 9.33. The number of alkyl halides is 3. The van der Waals surface area contributed by atoms with Crippen molar-refractivity contribution in [2.75, 3.05) is 44.7 Å². The summed E-state index contributed by atoms with van der Waals surface area (Å²) in [6.07, 6.45) is -1.41. The van der Waals surface area contributed by atoms with Crippen LogP contribution < -0.4 is 5.32 Å². The van der Waals surface area contributed by atoms with E-state index in [0.717, 1.165) is 0 Å². The lowest BCUT2D eigenvalue weighted by Gasteiger charge is -2.27. The average molecular weight is 496 g/mol. The summed E-state index contributed by atoms with van der Waals surface area (Å²) in [7, 11) is 0. The van der Waals surface area contributed by atoms with Gasteiger partial charge in [0.05, 0.1) is 12.1 Å². The normalized spacial score (nSPS) is 16.9. The summed E-state index contributed by atoms with van der Waals surface area (Å²) in [5, 5.41) is 2.81. The molecule has 1 aliphatic heterocycles. The van der Waals surface area contributed by atoms with E-state index >= 15 is 0 Å². The predicted molar refractivity (Wildman–Crippen MR) is 112 cm³/mol. The van der Waals surface area contributed by atoms with Gasteiger partial charge in [0.2, 0.25) is 5.91 Å². The summed E-state index contributed by atoms with van der Waals surface area (Å²) in [6.45, 7) is 0.0912. The number of hydrogen-bond acceptors (Lipinski definition) is 4. The molecular weight excluding hydrogens is 471 g/mol. The maximum atomic E-state index is 13.1. The van der Waals surface area contributed by atoms with Crippen LogP contribution in [0.5, 0.6) is 0 Å². The van der Waals surface area contributed by atoms with E-state index in [-0.39, 0.29) is 24.9 Å². The third-order valence-electron chi connectivity index (χ3n) is 4.64. The van der Waals surface area contributed by atoms with Crippen molar-refractivity contribution in [1.82, 2.24) is 15.1 Å². The van der Waals surface area contributed by atoms with Crippen molar-refractivity contribution in [3.8, 4) is 0 Å². The summed E-state index contributed by atoms with van der Waals surface area (Å²) in [5.74, 6) is 0.0829. The van der Waals surface area contributed by atoms with Crippen LogP contribution in [0.3, 0.4) is 0 Å². The largest absolute Gasteiger partial charge is 0.401 e. The van der Waals surface area contributed by atoms with E-state index in [1.807, 2.05) is 6.26 Å². The second-order valence-corrected chi connectivity index (χ2v) is 8.70. The van der Waals surface area contributed by atoms with Crippen molar-refractivity contribution in [2.45, 2.75) is 25.1 Å². The molecule has 0 bridgehead atoms. The molecule has 1 atom stereocenters. The number of carbonyl (C=O) groups excluding carboxylic acids is 2. The van der Waals surface area contributed by atoms with E-state index in [2.05, 4.69) is 21.2 Å². The van der Waals surface area contributed by atoms with Gasteiger partial charge in [0, 0.05) is 30.7 Å². The molecule has 1 aromatic carbocycles. The van der Waals surface area contributed by atoms with Crippen molar-refractivity contribution in [3.63, 3.8) is 0 Å². The molecule has 2 amide bonds. The number of carbonyl (C=O) groups is 2. The number of rotatable bonds is 7. The van der Waals surface area contributed by atoms with Gasteiger partial charge >= 0.3 is 6.18 Å². The van der Waals surface area contributed by atoms with E-state index in [1.54, 1.807) is 40.9 Å². The van der Waals surface area contributed by atoms with Gasteiger partial charge in [-0.2, -0.15) is 24.9 Å². The van der Waals surface area contributed by atoms with Gasteiger partial charge in [0.15, 0.2) is 0 Å². The molecule has 1 saturated heterocycles. The molecule has 1 unspecified atom stereocenters. The Bertz CT molecular complexity index is 706. The van der Waals surface area contributed by atoms with Gasteiger partial charge in [-0.3, -0.25) is 14.5 Å². The Morgan fingerprint density at radius 3 is 2.59 bits per heavy atom. The molecule has 1 N–H and O–H groups in total. The van der Waals surface area contributed by atoms with Gasteiger partial charge in [0.25, 0.3) is 5.91 Å². The van der Waals surface area contributed by atoms with Gasteiger partial charge in [0.1, 0.15) is 6.04 Å². The minimum atomic E-state index is -4.25. The van der Waals surface area contributed by atoms with Crippen LogP contribution in [0.1, 0.15) is 23.2 Å². The average Bonchev–Trinajstić information content (AvgIpc) is 2.88. The highest BCUT2D eigenvalue weighted by Crippen LogP contribution is 2.19. The monoisotopic (exact) mass is 495 g/mol. The number of thioether (sulfide) groups is 1. The van der Waals surface area contributed by atoms with Crippen LogP contribution in [-0.4, -0.2) is 78.6 Å². The molecule has 0 spiro atoms. The Labute approximate surface area is 181 Å². The maximum absolute atomic E-state index is 13.1. The Kier molecular flexibility index (Phi) is 9.29. The summed E-state index contributed by atoms with van der Waals surface area (Å²) < 4.78 is 38.6. The molecule has 1 fully saturated rings. The van der Waals surface area contributed by atoms with Crippen molar-refractivity contribution in [1.29, 1.82) is 0 Å². The molecule has 10 heteroatoms. The second-order valence-electron chi connectivity index (χ2n) is 6.86. The summed E-state index contributed by atoms with van der Waals surface area (Å²) in [4.78, 5) is 28.6. The van der Waals surface area contributed by atoms with Crippen LogP contribution in [0, 0.1) is 0 Å². The molecule has 162 valence electrons. The molecule has 1 aromatic rings. The van der Waals surface area contributed by atoms with E-state index in [4.69, 9.17) is 0 Å². The highest BCUT2D eigenvalue weighted by atomic mass is 79.9. The quantitative estimate of drug-likeness (QED) is 0.629. The van der Waals surface area contributed by atoms with Crippen molar-refractivity contribution in [2.24, 2.45) is 0 Å². The molecule has 5 nitrogen and oxygen atoms in total. The fourth-order valence-corrected chi connectivity index (χ4v) is 4.13. The lowest BCUT2D eigenvalue weighted by molar-refractivity contribution is -0.145. The molecule has 1 heterocycles. The highest BCUT2D eigenvalue weighted by Gasteiger charge is 2.33. The molecule has 29 heavy (non-hydrogen) atoms. The van der Waals surface area contributed by atoms with Crippen LogP contribution in [0.4, 0.5) is 13.2 Å². The molecule has 2 rings (SSSR count). The van der Waals surface area contributed by atoms with Crippen molar-refractivity contribution < 1.29 is 22.8 Å². The summed E-state index contributed by atoms with van der Waals surface area (Å²) in [6, 6.07) is 6.23. The second kappa shape index (κ2) is 11.2. The van der Waals surface area contributed by atoms with Crippen LogP contribution in [0.25, 0.3) is 0 Å². The molecule has 0 radical (unpaired) electrons. The summed E-state index contributed by atoms with van der Waals surface area (Å²) in [5.41, 5.74) is 0.432. The zero-order valence-electron chi connectivity index (χ0n) is 16.2. The van der Waals surface area contributed by atoms with Crippen LogP contribution >= 0.6 is 27.7 Å². The Balaban J connectivity index is 2.04. The smallest absolute Gasteiger partial charge is 0.340 e. The van der Waals surface area contributed by atoms with Gasteiger partial charge in [-0.15, -0.1) is 0 Å². The zero-order chi connectivity index (χ0) is 21.4. The number of benzene rings is 1. The minimum absolute atomic E-state index is 0.165. The lowest BCUT2D eigenvalue weighted by atomic mass is 10.1. The Morgan fingerprint density at radius 2 is 1.93 bits per heavy atom. The Morgan fingerprint density at radius 1 is 1.21 bits per heavy atom. The van der Waals surface area contributed by atoms with Crippen molar-refractivity contribution in [3.05, 3.63) is 34.3 Å². The zero-order valence-corrected chi connectivity index (χ0v) is 18.6. The van der Waals surface area contributed by atoms with E-state index in [1.165, 1.54) is 4.90 Å². The fourth-order valence-electron chi connectivity index (χ4n) is 3.20. The van der Waals surface area contributed by atoms with Crippen molar-refractivity contribution >= 4 is 39.5 Å². The molecule has 0 saturated carbocycles. The van der Waals surface area contributed by atoms with Crippen LogP contribution in [-0.2, 0) is 4.79 Å². The number of nitrogens with one attached hydrogen (secondary N) is 1. The summed E-state index contributed by atoms with van der Waals surface area (Å²) >= 11 is 4.90. The SMILES string of the molecule is CSCCC(NC(=O)c1ccccc1Br)C(=O)N1CCCN(CC(F)(F)F)CC1. The highest BCUT2D eigenvalue weighted by molar-refractivity contribution is 9.10. The van der Waals surface area contributed by atoms with Gasteiger partial charge < -0.3 is 10.2 Å². The first kappa shape index (κ1) is 24.0. The fraction of sp³-hybridized carbons (Fsp3) is 0.579. The van der Waals surface area contributed by atoms with E-state index in [9.17, 15) is 22.8 Å². The topological polar surface area (TPSA) is 52.7 Å². The van der Waals surface area contributed by atoms with Gasteiger partial charge in [-0.25, -0.2) is 0 Å². The number of nitrogens with zero attached hydrogens (tertiary/aromatic N) is 2. The molecule has 0 aromatic heterocycles. The predicted octanol–water partition coefficient (Wildman–Crippen LogP) is 3.40. The van der Waals surface area contributed by atoms with Crippen LogP contribution in [0.15, 0.2) is 28.7 Å². The van der Waals surface area contributed by atoms with Crippen LogP contribution in [0.2, 0.25) is 0 Å². The molecule has 0 aliphatic carbocycles. The lowest BCUT2D eigenvalue weighted by Crippen LogP contribution is -2.50. The van der Waals surface area contributed by atoms with Gasteiger partial charge in [-0.1, -0.05) is 12.1 Å². The van der Waals surface area contributed by atoms with Gasteiger partial charge in [-0.05, 0) is 52.9 Å². The first-order chi connectivity index (χ1) is 13.7. The minimum Gasteiger partial charge on any atom is -0.340 e. The number of hydrogen-bond donors (Lipinski definition) is 1. The van der Waals surface area contributed by atoms with E-state index < -0.39 is 18.8 Å². The standard InChI is InChI=1S/C19H25BrF3N3O2S/c1-29-12-7-16(24-17(27)14-5-2-3-6-15(14)20)18(28)26-9-4-8-25(10-11-26)13-19(21,22)23/h2-3,5-6,16H,4,7-13H2,1H3,(H,24,27). The number of amides is 2. The Hall–Kier alpha value is -1.26. The first-order valence-corrected chi connectivity index (χ1v) is 11.5. The third-order valence-corrected chi connectivity index (χ3v) is 5.97. The number of halogens is 4. The molecular formula is C19H25BrF3N3O2S. The molecule has 1 aliphatic rings. The van der Waals surface area contributed by atoms with E-state index in [0.29, 0.717) is 41.7 Å².